The lowest BCUT2D eigenvalue weighted by atomic mass is 10.1. The molecule has 6 nitrogen and oxygen atoms in total. The lowest BCUT2D eigenvalue weighted by Crippen LogP contribution is -2.43. The third-order valence-corrected chi connectivity index (χ3v) is 4.14. The fraction of sp³-hybridized carbons (Fsp3) is 0.294. The number of rotatable bonds is 3. The van der Waals surface area contributed by atoms with E-state index in [0.29, 0.717) is 5.88 Å². The molecule has 0 aromatic carbocycles. The molecule has 0 saturated carbocycles. The molecule has 3 aromatic rings. The number of nitrogens with one attached hydrogen (secondary N) is 1. The zero-order chi connectivity index (χ0) is 16.5. The van der Waals surface area contributed by atoms with E-state index in [1.54, 1.807) is 12.3 Å². The Morgan fingerprint density at radius 1 is 1.26 bits per heavy atom. The van der Waals surface area contributed by atoms with Crippen LogP contribution in [0.4, 0.5) is 5.69 Å². The van der Waals surface area contributed by atoms with Gasteiger partial charge in [0.25, 0.3) is 0 Å². The maximum Gasteiger partial charge on any atom is 0.212 e. The minimum atomic E-state index is 0.278. The number of hydrogen-bond donors (Lipinski definition) is 1. The number of ether oxygens (including phenoxy) is 1. The summed E-state index contributed by atoms with van der Waals surface area (Å²) in [5, 5.41) is 7.80. The second-order valence-electron chi connectivity index (χ2n) is 5.52. The molecule has 0 radical (unpaired) electrons. The van der Waals surface area contributed by atoms with Gasteiger partial charge in [-0.2, -0.15) is 5.10 Å². The fourth-order valence-corrected chi connectivity index (χ4v) is 2.94. The average Bonchev–Trinajstić information content (AvgIpc) is 3.06. The molecule has 1 N–H and O–H groups in total. The van der Waals surface area contributed by atoms with Crippen molar-refractivity contribution in [2.75, 3.05) is 38.2 Å². The fourth-order valence-electron chi connectivity index (χ4n) is 2.94. The zero-order valence-corrected chi connectivity index (χ0v) is 13.0. The molecule has 0 spiro atoms. The van der Waals surface area contributed by atoms with Crippen LogP contribution in [-0.4, -0.2) is 47.9 Å². The van der Waals surface area contributed by atoms with Gasteiger partial charge < -0.3 is 15.0 Å². The summed E-state index contributed by atoms with van der Waals surface area (Å²) in [7, 11) is 1.52. The van der Waals surface area contributed by atoms with E-state index in [1.165, 1.54) is 12.8 Å². The van der Waals surface area contributed by atoms with Gasteiger partial charge in [-0.3, -0.25) is 0 Å². The van der Waals surface area contributed by atoms with Crippen LogP contribution in [0.1, 0.15) is 1.37 Å². The van der Waals surface area contributed by atoms with Crippen molar-refractivity contribution in [3.63, 3.8) is 0 Å². The summed E-state index contributed by atoms with van der Waals surface area (Å²) in [6.45, 7) is 3.96. The number of nitrogens with zero attached hydrogens (tertiary/aromatic N) is 4. The van der Waals surface area contributed by atoms with Crippen LogP contribution < -0.4 is 15.0 Å². The van der Waals surface area contributed by atoms with Crippen LogP contribution in [0.3, 0.4) is 0 Å². The molecule has 0 bridgehead atoms. The topological polar surface area (TPSA) is 54.7 Å². The monoisotopic (exact) mass is 310 g/mol. The first-order valence-corrected chi connectivity index (χ1v) is 7.70. The Hall–Kier alpha value is -2.60. The minimum Gasteiger partial charge on any atom is -0.481 e. The van der Waals surface area contributed by atoms with E-state index >= 15 is 0 Å². The quantitative estimate of drug-likeness (QED) is 0.800. The van der Waals surface area contributed by atoms with Gasteiger partial charge in [-0.25, -0.2) is 9.50 Å². The van der Waals surface area contributed by atoms with Crippen LogP contribution in [0.25, 0.3) is 16.6 Å². The van der Waals surface area contributed by atoms with Crippen molar-refractivity contribution in [3.8, 4) is 17.0 Å². The van der Waals surface area contributed by atoms with Crippen molar-refractivity contribution in [2.24, 2.45) is 0 Å². The number of anilines is 1. The van der Waals surface area contributed by atoms with E-state index in [2.05, 4.69) is 32.4 Å². The number of aromatic nitrogens is 3. The Labute approximate surface area is 136 Å². The van der Waals surface area contributed by atoms with E-state index in [4.69, 9.17) is 6.11 Å². The predicted molar refractivity (Wildman–Crippen MR) is 90.1 cm³/mol. The highest BCUT2D eigenvalue weighted by Gasteiger charge is 2.15. The SMILES string of the molecule is [2H]c1cc(-c2cc3c(N4CCNCC4)ccnn3c2)cnc1OC. The average molecular weight is 310 g/mol. The molecular formula is C17H19N5O. The second-order valence-corrected chi connectivity index (χ2v) is 5.52. The van der Waals surface area contributed by atoms with Crippen LogP contribution in [0.5, 0.6) is 5.88 Å². The molecule has 1 fully saturated rings. The van der Waals surface area contributed by atoms with Crippen LogP contribution >= 0.6 is 0 Å². The Morgan fingerprint density at radius 2 is 2.13 bits per heavy atom. The molecule has 4 rings (SSSR count). The van der Waals surface area contributed by atoms with Gasteiger partial charge in [-0.05, 0) is 18.2 Å². The Morgan fingerprint density at radius 3 is 2.91 bits per heavy atom. The molecule has 1 aliphatic heterocycles. The largest absolute Gasteiger partial charge is 0.481 e. The standard InChI is InChI=1S/C17H19N5O/c1-23-17-3-2-13(11-19-17)14-10-16-15(4-5-20-22(16)12-14)21-8-6-18-7-9-21/h2-5,10-12,18H,6-9H2,1H3/i3D. The van der Waals surface area contributed by atoms with Crippen molar-refractivity contribution in [2.45, 2.75) is 0 Å². The highest BCUT2D eigenvalue weighted by molar-refractivity contribution is 5.79. The molecule has 3 aromatic heterocycles. The number of methoxy groups -OCH3 is 1. The lowest BCUT2D eigenvalue weighted by Gasteiger charge is -2.29. The summed E-state index contributed by atoms with van der Waals surface area (Å²) < 4.78 is 14.9. The van der Waals surface area contributed by atoms with Crippen molar-refractivity contribution in [3.05, 3.63) is 42.8 Å². The molecular weight excluding hydrogens is 290 g/mol. The van der Waals surface area contributed by atoms with E-state index in [0.717, 1.165) is 42.8 Å². The van der Waals surface area contributed by atoms with E-state index in [9.17, 15) is 0 Å². The highest BCUT2D eigenvalue weighted by atomic mass is 16.5. The van der Waals surface area contributed by atoms with Crippen LogP contribution in [0.2, 0.25) is 0 Å². The summed E-state index contributed by atoms with van der Waals surface area (Å²) in [4.78, 5) is 6.57. The zero-order valence-electron chi connectivity index (χ0n) is 14.0. The number of hydrogen-bond acceptors (Lipinski definition) is 5. The summed E-state index contributed by atoms with van der Waals surface area (Å²) in [6, 6.07) is 6.21. The molecule has 23 heavy (non-hydrogen) atoms. The van der Waals surface area contributed by atoms with E-state index < -0.39 is 0 Å². The number of piperazine rings is 1. The molecule has 6 heteroatoms. The third kappa shape index (κ3) is 2.61. The molecule has 0 unspecified atom stereocenters. The van der Waals surface area contributed by atoms with Crippen molar-refractivity contribution >= 4 is 11.2 Å². The minimum absolute atomic E-state index is 0.278. The van der Waals surface area contributed by atoms with E-state index in [-0.39, 0.29) is 6.04 Å². The van der Waals surface area contributed by atoms with Gasteiger partial charge >= 0.3 is 0 Å². The van der Waals surface area contributed by atoms with Gasteiger partial charge in [0.1, 0.15) is 0 Å². The Kier molecular flexibility index (Phi) is 3.30. The maximum atomic E-state index is 7.97. The molecule has 1 saturated heterocycles. The van der Waals surface area contributed by atoms with Gasteiger partial charge in [0.2, 0.25) is 5.88 Å². The maximum absolute atomic E-state index is 7.97. The smallest absolute Gasteiger partial charge is 0.212 e. The van der Waals surface area contributed by atoms with Gasteiger partial charge in [0.15, 0.2) is 0 Å². The first-order valence-electron chi connectivity index (χ1n) is 8.20. The van der Waals surface area contributed by atoms with Crippen LogP contribution in [-0.2, 0) is 0 Å². The molecule has 4 heterocycles. The normalized spacial score (nSPS) is 15.7. The third-order valence-electron chi connectivity index (χ3n) is 4.14. The summed E-state index contributed by atoms with van der Waals surface area (Å²) >= 11 is 0. The predicted octanol–water partition coefficient (Wildman–Crippen LogP) is 1.81. The van der Waals surface area contributed by atoms with Gasteiger partial charge in [0, 0.05) is 61.9 Å². The van der Waals surface area contributed by atoms with Gasteiger partial charge in [-0.15, -0.1) is 0 Å². The van der Waals surface area contributed by atoms with Crippen molar-refractivity contribution < 1.29 is 6.11 Å². The van der Waals surface area contributed by atoms with Crippen LogP contribution in [0, 0.1) is 0 Å². The van der Waals surface area contributed by atoms with Gasteiger partial charge in [0.05, 0.1) is 19.7 Å². The second kappa shape index (κ2) is 5.89. The van der Waals surface area contributed by atoms with Crippen LogP contribution in [0.15, 0.2) is 42.8 Å². The first-order chi connectivity index (χ1) is 11.8. The Bertz CT molecular complexity index is 873. The summed E-state index contributed by atoms with van der Waals surface area (Å²) in [6.07, 6.45) is 5.54. The molecule has 1 aliphatic rings. The lowest BCUT2D eigenvalue weighted by molar-refractivity contribution is 0.398. The van der Waals surface area contributed by atoms with Crippen molar-refractivity contribution in [1.82, 2.24) is 19.9 Å². The van der Waals surface area contributed by atoms with E-state index in [1.807, 2.05) is 16.9 Å². The Balaban J connectivity index is 1.76. The van der Waals surface area contributed by atoms with Gasteiger partial charge in [-0.1, -0.05) is 0 Å². The number of fused-ring (bicyclic) bond motifs is 1. The summed E-state index contributed by atoms with van der Waals surface area (Å²) in [5.41, 5.74) is 4.13. The highest BCUT2D eigenvalue weighted by Crippen LogP contribution is 2.28. The molecule has 0 aliphatic carbocycles. The first kappa shape index (κ1) is 12.9. The molecule has 0 amide bonds. The van der Waals surface area contributed by atoms with Crippen molar-refractivity contribution in [1.29, 1.82) is 0 Å². The summed E-state index contributed by atoms with van der Waals surface area (Å²) in [5.74, 6) is 0.335. The molecule has 118 valence electrons. The molecule has 0 atom stereocenters. The number of pyridine rings is 1.